The normalized spacial score (nSPS) is 17.7. The Morgan fingerprint density at radius 1 is 1.33 bits per heavy atom. The highest BCUT2D eigenvalue weighted by molar-refractivity contribution is 7.99. The van der Waals surface area contributed by atoms with Crippen LogP contribution < -0.4 is 4.74 Å². The molecule has 15 heavy (non-hydrogen) atoms. The zero-order valence-corrected chi connectivity index (χ0v) is 9.80. The van der Waals surface area contributed by atoms with Crippen molar-refractivity contribution in [3.05, 3.63) is 12.3 Å². The highest BCUT2D eigenvalue weighted by atomic mass is 32.2. The number of aromatic nitrogens is 2. The number of thioether (sulfide) groups is 1. The zero-order chi connectivity index (χ0) is 10.5. The maximum Gasteiger partial charge on any atom is 0.216 e. The van der Waals surface area contributed by atoms with E-state index in [1.165, 1.54) is 32.1 Å². The van der Waals surface area contributed by atoms with Crippen LogP contribution >= 0.6 is 11.8 Å². The molecule has 0 saturated heterocycles. The van der Waals surface area contributed by atoms with Gasteiger partial charge < -0.3 is 4.74 Å². The first-order valence-corrected chi connectivity index (χ1v) is 6.30. The van der Waals surface area contributed by atoms with Gasteiger partial charge in [-0.3, -0.25) is 0 Å². The van der Waals surface area contributed by atoms with Crippen molar-refractivity contribution >= 4 is 11.8 Å². The molecule has 1 saturated carbocycles. The summed E-state index contributed by atoms with van der Waals surface area (Å²) in [5.41, 5.74) is 0. The Morgan fingerprint density at radius 2 is 2.13 bits per heavy atom. The molecule has 1 aromatic heterocycles. The number of rotatable bonds is 3. The number of methoxy groups -OCH3 is 1. The van der Waals surface area contributed by atoms with Crippen LogP contribution in [0.15, 0.2) is 17.4 Å². The molecule has 0 unspecified atom stereocenters. The third kappa shape index (κ3) is 3.09. The molecule has 1 aliphatic carbocycles. The first-order chi connectivity index (χ1) is 7.38. The van der Waals surface area contributed by atoms with E-state index in [0.29, 0.717) is 11.1 Å². The van der Waals surface area contributed by atoms with Crippen molar-refractivity contribution in [2.24, 2.45) is 0 Å². The molecule has 3 nitrogen and oxygen atoms in total. The van der Waals surface area contributed by atoms with E-state index in [9.17, 15) is 0 Å². The van der Waals surface area contributed by atoms with Gasteiger partial charge in [0.05, 0.1) is 7.11 Å². The fraction of sp³-hybridized carbons (Fsp3) is 0.636. The minimum absolute atomic E-state index is 0.656. The zero-order valence-electron chi connectivity index (χ0n) is 8.98. The highest BCUT2D eigenvalue weighted by Gasteiger charge is 2.16. The molecule has 1 aliphatic rings. The van der Waals surface area contributed by atoms with Gasteiger partial charge in [0, 0.05) is 17.5 Å². The van der Waals surface area contributed by atoms with Gasteiger partial charge in [-0.25, -0.2) is 4.98 Å². The predicted molar refractivity (Wildman–Crippen MR) is 61.3 cm³/mol. The monoisotopic (exact) mass is 224 g/mol. The van der Waals surface area contributed by atoms with Crippen LogP contribution in [-0.4, -0.2) is 22.3 Å². The molecule has 1 heterocycles. The number of hydrogen-bond donors (Lipinski definition) is 0. The number of ether oxygens (including phenoxy) is 1. The summed E-state index contributed by atoms with van der Waals surface area (Å²) in [4.78, 5) is 8.57. The smallest absolute Gasteiger partial charge is 0.216 e. The second-order valence-electron chi connectivity index (χ2n) is 3.76. The Kier molecular flexibility index (Phi) is 3.83. The number of hydrogen-bond acceptors (Lipinski definition) is 4. The molecule has 2 rings (SSSR count). The summed E-state index contributed by atoms with van der Waals surface area (Å²) in [6, 6.07) is 1.78. The molecule has 0 spiro atoms. The molecule has 82 valence electrons. The minimum Gasteiger partial charge on any atom is -0.481 e. The third-order valence-corrected chi connectivity index (χ3v) is 3.85. The van der Waals surface area contributed by atoms with Gasteiger partial charge in [-0.15, -0.1) is 0 Å². The summed E-state index contributed by atoms with van der Waals surface area (Å²) in [6.45, 7) is 0. The van der Waals surface area contributed by atoms with Crippen LogP contribution in [0.4, 0.5) is 0 Å². The van der Waals surface area contributed by atoms with Crippen molar-refractivity contribution in [3.63, 3.8) is 0 Å². The Morgan fingerprint density at radius 3 is 2.87 bits per heavy atom. The van der Waals surface area contributed by atoms with Crippen LogP contribution in [0.3, 0.4) is 0 Å². The first kappa shape index (κ1) is 10.7. The molecule has 1 fully saturated rings. The SMILES string of the molecule is COc1ccnc(SC2CCCCC2)n1. The maximum absolute atomic E-state index is 5.08. The summed E-state index contributed by atoms with van der Waals surface area (Å²) in [7, 11) is 1.64. The van der Waals surface area contributed by atoms with Crippen molar-refractivity contribution in [2.75, 3.05) is 7.11 Å². The molecule has 0 aromatic carbocycles. The average Bonchev–Trinajstić information content (AvgIpc) is 2.31. The van der Waals surface area contributed by atoms with E-state index < -0.39 is 0 Å². The van der Waals surface area contributed by atoms with E-state index in [4.69, 9.17) is 4.74 Å². The van der Waals surface area contributed by atoms with Crippen LogP contribution in [0.2, 0.25) is 0 Å². The topological polar surface area (TPSA) is 35.0 Å². The highest BCUT2D eigenvalue weighted by Crippen LogP contribution is 2.31. The lowest BCUT2D eigenvalue weighted by Gasteiger charge is -2.19. The molecular formula is C11H16N2OS. The summed E-state index contributed by atoms with van der Waals surface area (Å²) in [5, 5.41) is 1.55. The summed E-state index contributed by atoms with van der Waals surface area (Å²) in [6.07, 6.45) is 8.44. The van der Waals surface area contributed by atoms with Gasteiger partial charge in [-0.05, 0) is 12.8 Å². The molecule has 0 bridgehead atoms. The van der Waals surface area contributed by atoms with Crippen LogP contribution in [-0.2, 0) is 0 Å². The van der Waals surface area contributed by atoms with Crippen LogP contribution in [0, 0.1) is 0 Å². The van der Waals surface area contributed by atoms with E-state index in [1.807, 2.05) is 0 Å². The second kappa shape index (κ2) is 5.35. The molecule has 0 atom stereocenters. The average molecular weight is 224 g/mol. The van der Waals surface area contributed by atoms with Crippen molar-refractivity contribution in [3.8, 4) is 5.88 Å². The van der Waals surface area contributed by atoms with E-state index in [2.05, 4.69) is 9.97 Å². The molecule has 1 aromatic rings. The standard InChI is InChI=1S/C11H16N2OS/c1-14-10-7-8-12-11(13-10)15-9-5-3-2-4-6-9/h7-9H,2-6H2,1H3. The maximum atomic E-state index is 5.08. The van der Waals surface area contributed by atoms with Crippen molar-refractivity contribution in [1.82, 2.24) is 9.97 Å². The number of nitrogens with zero attached hydrogens (tertiary/aromatic N) is 2. The van der Waals surface area contributed by atoms with E-state index in [1.54, 1.807) is 31.1 Å². The Balaban J connectivity index is 1.96. The van der Waals surface area contributed by atoms with Gasteiger partial charge in [0.15, 0.2) is 5.16 Å². The van der Waals surface area contributed by atoms with Crippen molar-refractivity contribution in [1.29, 1.82) is 0 Å². The molecular weight excluding hydrogens is 208 g/mol. The summed E-state index contributed by atoms with van der Waals surface area (Å²) < 4.78 is 5.08. The Hall–Kier alpha value is -0.770. The predicted octanol–water partition coefficient (Wildman–Crippen LogP) is 2.91. The van der Waals surface area contributed by atoms with E-state index in [-0.39, 0.29) is 0 Å². The van der Waals surface area contributed by atoms with E-state index >= 15 is 0 Å². The van der Waals surface area contributed by atoms with Crippen LogP contribution in [0.25, 0.3) is 0 Å². The fourth-order valence-corrected chi connectivity index (χ4v) is 2.96. The van der Waals surface area contributed by atoms with Gasteiger partial charge in [0.25, 0.3) is 0 Å². The molecule has 4 heteroatoms. The van der Waals surface area contributed by atoms with Crippen molar-refractivity contribution in [2.45, 2.75) is 42.5 Å². The summed E-state index contributed by atoms with van der Waals surface area (Å²) in [5.74, 6) is 0.656. The van der Waals surface area contributed by atoms with Crippen LogP contribution in [0.5, 0.6) is 5.88 Å². The van der Waals surface area contributed by atoms with Gasteiger partial charge in [0.2, 0.25) is 5.88 Å². The lowest BCUT2D eigenvalue weighted by atomic mass is 10.0. The molecule has 0 aliphatic heterocycles. The quantitative estimate of drug-likeness (QED) is 0.739. The largest absolute Gasteiger partial charge is 0.481 e. The van der Waals surface area contributed by atoms with Gasteiger partial charge in [-0.1, -0.05) is 31.0 Å². The van der Waals surface area contributed by atoms with Crippen molar-refractivity contribution < 1.29 is 4.74 Å². The Bertz CT molecular complexity index is 313. The second-order valence-corrected chi connectivity index (χ2v) is 5.03. The summed E-state index contributed by atoms with van der Waals surface area (Å²) >= 11 is 1.79. The van der Waals surface area contributed by atoms with Gasteiger partial charge in [0.1, 0.15) is 0 Å². The molecule has 0 N–H and O–H groups in total. The third-order valence-electron chi connectivity index (χ3n) is 2.64. The Labute approximate surface area is 94.7 Å². The first-order valence-electron chi connectivity index (χ1n) is 5.42. The van der Waals surface area contributed by atoms with Gasteiger partial charge >= 0.3 is 0 Å². The lowest BCUT2D eigenvalue weighted by molar-refractivity contribution is 0.392. The molecule has 0 radical (unpaired) electrons. The fourth-order valence-electron chi connectivity index (χ4n) is 1.83. The minimum atomic E-state index is 0.656. The van der Waals surface area contributed by atoms with Gasteiger partial charge in [-0.2, -0.15) is 4.98 Å². The van der Waals surface area contributed by atoms with E-state index in [0.717, 1.165) is 5.16 Å². The lowest BCUT2D eigenvalue weighted by Crippen LogP contribution is -2.08. The molecule has 0 amide bonds. The van der Waals surface area contributed by atoms with Crippen LogP contribution in [0.1, 0.15) is 32.1 Å².